The number of carbonyl (C=O) groups excluding carboxylic acids is 1. The fourth-order valence-corrected chi connectivity index (χ4v) is 4.95. The number of pyridine rings is 1. The number of hydrogen-bond acceptors (Lipinski definition) is 4. The van der Waals surface area contributed by atoms with Crippen molar-refractivity contribution in [2.45, 2.75) is 18.5 Å². The molecule has 3 fully saturated rings. The Morgan fingerprint density at radius 1 is 1.58 bits per heavy atom. The third-order valence-corrected chi connectivity index (χ3v) is 7.68. The minimum absolute atomic E-state index is 0.0162. The van der Waals surface area contributed by atoms with Gasteiger partial charge in [-0.15, -0.1) is 0 Å². The summed E-state index contributed by atoms with van der Waals surface area (Å²) in [6.07, 6.45) is 0.791. The van der Waals surface area contributed by atoms with Gasteiger partial charge in [0.05, 0.1) is 15.7 Å². The van der Waals surface area contributed by atoms with Crippen LogP contribution in [-0.4, -0.2) is 39.6 Å². The van der Waals surface area contributed by atoms with Crippen LogP contribution in [0.25, 0.3) is 10.9 Å². The average Bonchev–Trinajstić information content (AvgIpc) is 3.10. The lowest BCUT2D eigenvalue weighted by Gasteiger charge is -2.43. The van der Waals surface area contributed by atoms with E-state index in [4.69, 9.17) is 11.6 Å². The zero-order valence-corrected chi connectivity index (χ0v) is 17.5. The van der Waals surface area contributed by atoms with Crippen LogP contribution in [0.4, 0.5) is 14.9 Å². The molecule has 2 bridgehead atoms. The maximum atomic E-state index is 14.7. The molecular formula is C16H11BrClFIN3O3. The van der Waals surface area contributed by atoms with Crippen molar-refractivity contribution in [2.24, 2.45) is 5.92 Å². The number of carbonyl (C=O) groups is 2. The molecule has 0 radical (unpaired) electrons. The van der Waals surface area contributed by atoms with Crippen LogP contribution in [-0.2, 0) is 0 Å². The summed E-state index contributed by atoms with van der Waals surface area (Å²) >= 11 is 11.3. The second-order valence-corrected chi connectivity index (χ2v) is 8.83. The first-order valence-corrected chi connectivity index (χ1v) is 9.93. The number of hydrogen-bond donors (Lipinski definition) is 2. The molecule has 1 aromatic heterocycles. The second kappa shape index (κ2) is 6.16. The van der Waals surface area contributed by atoms with Crippen LogP contribution in [0.3, 0.4) is 0 Å². The van der Waals surface area contributed by atoms with Gasteiger partial charge in [-0.2, -0.15) is 0 Å². The van der Waals surface area contributed by atoms with Crippen molar-refractivity contribution in [1.82, 2.24) is 9.88 Å². The van der Waals surface area contributed by atoms with Crippen molar-refractivity contribution < 1.29 is 19.1 Å². The molecule has 1 saturated carbocycles. The van der Waals surface area contributed by atoms with Crippen LogP contribution >= 0.6 is 50.1 Å². The molecule has 10 heteroatoms. The van der Waals surface area contributed by atoms with Gasteiger partial charge >= 0.3 is 6.09 Å². The van der Waals surface area contributed by atoms with Gasteiger partial charge in [0.25, 0.3) is 0 Å². The van der Waals surface area contributed by atoms with Crippen molar-refractivity contribution in [1.29, 1.82) is 0 Å². The van der Waals surface area contributed by atoms with Crippen LogP contribution in [0.2, 0.25) is 5.15 Å². The zero-order valence-electron chi connectivity index (χ0n) is 13.0. The molecule has 2 aromatic rings. The normalized spacial score (nSPS) is 23.8. The monoisotopic (exact) mass is 553 g/mol. The minimum Gasteiger partial charge on any atom is -0.465 e. The van der Waals surface area contributed by atoms with Gasteiger partial charge in [0, 0.05) is 15.5 Å². The molecule has 1 aromatic carbocycles. The quantitative estimate of drug-likeness (QED) is 0.249. The molecular weight excluding hydrogens is 543 g/mol. The summed E-state index contributed by atoms with van der Waals surface area (Å²) in [5.41, 5.74) is -0.388. The number of fused-ring (bicyclic) bond motifs is 2. The topological polar surface area (TPSA) is 82.5 Å². The Kier molecular flexibility index (Phi) is 4.31. The predicted octanol–water partition coefficient (Wildman–Crippen LogP) is 4.72. The maximum Gasteiger partial charge on any atom is 0.409 e. The lowest BCUT2D eigenvalue weighted by atomic mass is 9.79. The van der Waals surface area contributed by atoms with Crippen LogP contribution in [0.15, 0.2) is 10.5 Å². The molecule has 5 rings (SSSR count). The molecule has 136 valence electrons. The van der Waals surface area contributed by atoms with E-state index < -0.39 is 17.6 Å². The Morgan fingerprint density at radius 2 is 2.27 bits per heavy atom. The van der Waals surface area contributed by atoms with Gasteiger partial charge in [0.15, 0.2) is 12.1 Å². The lowest BCUT2D eigenvalue weighted by Crippen LogP contribution is -2.54. The SMILES string of the molecule is O=Cc1c(Cl)nc2c(F)c(Br)c(I)cc2c1NC12CC(CN1C(=O)O)C2. The van der Waals surface area contributed by atoms with E-state index in [9.17, 15) is 19.1 Å². The fraction of sp³-hybridized carbons (Fsp3) is 0.312. The highest BCUT2D eigenvalue weighted by Gasteiger charge is 2.58. The molecule has 1 amide bonds. The van der Waals surface area contributed by atoms with Gasteiger partial charge in [-0.3, -0.25) is 9.69 Å². The minimum atomic E-state index is -1.03. The Balaban J connectivity index is 1.94. The highest BCUT2D eigenvalue weighted by atomic mass is 127. The van der Waals surface area contributed by atoms with Crippen LogP contribution < -0.4 is 5.32 Å². The number of anilines is 1. The number of amides is 1. The third-order valence-electron chi connectivity index (χ3n) is 5.02. The molecule has 0 spiro atoms. The van der Waals surface area contributed by atoms with E-state index in [-0.39, 0.29) is 26.6 Å². The number of aromatic nitrogens is 1. The van der Waals surface area contributed by atoms with E-state index in [1.807, 2.05) is 22.6 Å². The Hall–Kier alpha value is -1.20. The molecule has 1 aliphatic carbocycles. The van der Waals surface area contributed by atoms with Crippen LogP contribution in [0.5, 0.6) is 0 Å². The molecule has 26 heavy (non-hydrogen) atoms. The molecule has 2 N–H and O–H groups in total. The Labute approximate surface area is 174 Å². The number of halogens is 4. The van der Waals surface area contributed by atoms with Gasteiger partial charge < -0.3 is 10.4 Å². The summed E-state index contributed by atoms with van der Waals surface area (Å²) in [6.45, 7) is 0.437. The maximum absolute atomic E-state index is 14.7. The summed E-state index contributed by atoms with van der Waals surface area (Å²) in [5.74, 6) is -0.298. The van der Waals surface area contributed by atoms with Gasteiger partial charge in [-0.25, -0.2) is 14.2 Å². The Morgan fingerprint density at radius 3 is 2.88 bits per heavy atom. The van der Waals surface area contributed by atoms with E-state index in [1.54, 1.807) is 6.07 Å². The highest BCUT2D eigenvalue weighted by Crippen LogP contribution is 2.51. The van der Waals surface area contributed by atoms with E-state index in [0.717, 1.165) is 0 Å². The molecule has 2 saturated heterocycles. The van der Waals surface area contributed by atoms with Crippen molar-refractivity contribution in [3.05, 3.63) is 30.6 Å². The number of carboxylic acid groups (broad SMARTS) is 1. The van der Waals surface area contributed by atoms with Crippen LogP contribution in [0, 0.1) is 15.3 Å². The third kappa shape index (κ3) is 2.50. The predicted molar refractivity (Wildman–Crippen MR) is 106 cm³/mol. The number of nitrogens with zero attached hydrogens (tertiary/aromatic N) is 2. The largest absolute Gasteiger partial charge is 0.465 e. The highest BCUT2D eigenvalue weighted by molar-refractivity contribution is 14.1. The van der Waals surface area contributed by atoms with Gasteiger partial charge in [0.2, 0.25) is 0 Å². The number of nitrogens with one attached hydrogen (secondary N) is 1. The standard InChI is InChI=1S/C16H11BrClFIN3O3/c17-10-9(20)1-7-12(8(5-24)14(18)21-13(7)11(10)19)22-16-2-6(3-16)4-23(16)15(25)26/h1,5-6H,2-4H2,(H,21,22)(H,25,26). The molecule has 0 unspecified atom stereocenters. The zero-order chi connectivity index (χ0) is 18.8. The van der Waals surface area contributed by atoms with Crippen LogP contribution in [0.1, 0.15) is 23.2 Å². The van der Waals surface area contributed by atoms with Gasteiger partial charge in [-0.05, 0) is 63.3 Å². The molecule has 2 aliphatic heterocycles. The summed E-state index contributed by atoms with van der Waals surface area (Å²) < 4.78 is 15.5. The summed E-state index contributed by atoms with van der Waals surface area (Å²) in [6, 6.07) is 1.69. The number of aldehydes is 1. The van der Waals surface area contributed by atoms with E-state index in [2.05, 4.69) is 26.2 Å². The first-order chi connectivity index (χ1) is 12.3. The Bertz CT molecular complexity index is 983. The first kappa shape index (κ1) is 18.2. The molecule has 6 nitrogen and oxygen atoms in total. The lowest BCUT2D eigenvalue weighted by molar-refractivity contribution is 0.107. The van der Waals surface area contributed by atoms with Gasteiger partial charge in [-0.1, -0.05) is 11.6 Å². The molecule has 0 atom stereocenters. The summed E-state index contributed by atoms with van der Waals surface area (Å²) in [4.78, 5) is 28.6. The number of rotatable bonds is 3. The second-order valence-electron chi connectivity index (χ2n) is 6.52. The summed E-state index contributed by atoms with van der Waals surface area (Å²) in [5, 5.41) is 12.9. The molecule has 3 aliphatic rings. The first-order valence-electron chi connectivity index (χ1n) is 7.68. The van der Waals surface area contributed by atoms with Crippen molar-refractivity contribution >= 4 is 79.1 Å². The molecule has 3 heterocycles. The smallest absolute Gasteiger partial charge is 0.409 e. The van der Waals surface area contributed by atoms with Crippen molar-refractivity contribution in [2.75, 3.05) is 11.9 Å². The van der Waals surface area contributed by atoms with E-state index >= 15 is 0 Å². The average molecular weight is 555 g/mol. The van der Waals surface area contributed by atoms with Crippen molar-refractivity contribution in [3.63, 3.8) is 0 Å². The van der Waals surface area contributed by atoms with E-state index in [1.165, 1.54) is 4.90 Å². The van der Waals surface area contributed by atoms with Crippen molar-refractivity contribution in [3.8, 4) is 0 Å². The summed E-state index contributed by atoms with van der Waals surface area (Å²) in [7, 11) is 0. The van der Waals surface area contributed by atoms with E-state index in [0.29, 0.717) is 40.3 Å². The van der Waals surface area contributed by atoms with Gasteiger partial charge in [0.1, 0.15) is 16.3 Å². The number of benzene rings is 1. The fourth-order valence-electron chi connectivity index (χ4n) is 3.88.